The molecule has 0 saturated heterocycles. The Balaban J connectivity index is 1.93. The van der Waals surface area contributed by atoms with Gasteiger partial charge in [0.15, 0.2) is 6.10 Å². The van der Waals surface area contributed by atoms with Crippen LogP contribution in [0.1, 0.15) is 17.3 Å². The molecular weight excluding hydrogens is 359 g/mol. The first kappa shape index (κ1) is 19.6. The summed E-state index contributed by atoms with van der Waals surface area (Å²) in [6.45, 7) is 1.51. The third-order valence-electron chi connectivity index (χ3n) is 3.45. The number of hydrogen-bond acceptors (Lipinski definition) is 5. The third-order valence-corrected chi connectivity index (χ3v) is 4.17. The third kappa shape index (κ3) is 5.13. The zero-order chi connectivity index (χ0) is 19.1. The molecule has 6 nitrogen and oxygen atoms in total. The molecule has 0 radical (unpaired) electrons. The molecule has 0 heterocycles. The molecule has 2 aromatic rings. The van der Waals surface area contributed by atoms with Crippen LogP contribution >= 0.6 is 11.8 Å². The minimum absolute atomic E-state index is 0.290. The molecule has 2 N–H and O–H groups in total. The van der Waals surface area contributed by atoms with Crippen LogP contribution in [0.3, 0.4) is 0 Å². The Kier molecular flexibility index (Phi) is 6.85. The molecule has 0 aliphatic rings. The van der Waals surface area contributed by atoms with E-state index in [4.69, 9.17) is 9.47 Å². The summed E-state index contributed by atoms with van der Waals surface area (Å²) < 4.78 is 23.5. The number of carbonyl (C=O) groups is 2. The lowest BCUT2D eigenvalue weighted by Gasteiger charge is -2.16. The molecule has 0 unspecified atom stereocenters. The minimum Gasteiger partial charge on any atom is -0.496 e. The second kappa shape index (κ2) is 9.10. The Labute approximate surface area is 155 Å². The van der Waals surface area contributed by atoms with Crippen LogP contribution in [0.4, 0.5) is 4.39 Å². The smallest absolute Gasteiger partial charge is 0.279 e. The SMILES string of the molecule is COc1cc(SC)ccc1C(=O)NNC(=O)[C@H](C)Oc1ccc(F)cc1. The van der Waals surface area contributed by atoms with E-state index < -0.39 is 23.7 Å². The Hall–Kier alpha value is -2.74. The summed E-state index contributed by atoms with van der Waals surface area (Å²) in [6.07, 6.45) is 1.03. The lowest BCUT2D eigenvalue weighted by molar-refractivity contribution is -0.128. The highest BCUT2D eigenvalue weighted by atomic mass is 32.2. The van der Waals surface area contributed by atoms with Gasteiger partial charge in [-0.05, 0) is 55.6 Å². The van der Waals surface area contributed by atoms with Crippen LogP contribution in [0.2, 0.25) is 0 Å². The molecule has 0 saturated carbocycles. The maximum absolute atomic E-state index is 12.9. The van der Waals surface area contributed by atoms with Gasteiger partial charge in [0.2, 0.25) is 0 Å². The molecule has 2 aromatic carbocycles. The monoisotopic (exact) mass is 378 g/mol. The summed E-state index contributed by atoms with van der Waals surface area (Å²) in [5.74, 6) is -0.726. The van der Waals surface area contributed by atoms with Crippen molar-refractivity contribution in [2.75, 3.05) is 13.4 Å². The number of methoxy groups -OCH3 is 1. The lowest BCUT2D eigenvalue weighted by atomic mass is 10.2. The van der Waals surface area contributed by atoms with E-state index in [0.29, 0.717) is 11.5 Å². The number of benzene rings is 2. The zero-order valence-corrected chi connectivity index (χ0v) is 15.4. The Morgan fingerprint density at radius 1 is 1.12 bits per heavy atom. The minimum atomic E-state index is -0.887. The van der Waals surface area contributed by atoms with E-state index in [9.17, 15) is 14.0 Å². The molecule has 0 fully saturated rings. The molecule has 0 aliphatic heterocycles. The van der Waals surface area contributed by atoms with Crippen molar-refractivity contribution in [2.24, 2.45) is 0 Å². The molecule has 0 aliphatic carbocycles. The first-order valence-corrected chi connectivity index (χ1v) is 8.91. The predicted molar refractivity (Wildman–Crippen MR) is 96.9 cm³/mol. The van der Waals surface area contributed by atoms with Gasteiger partial charge in [-0.15, -0.1) is 11.8 Å². The Morgan fingerprint density at radius 3 is 2.42 bits per heavy atom. The van der Waals surface area contributed by atoms with Crippen molar-refractivity contribution in [1.29, 1.82) is 0 Å². The van der Waals surface area contributed by atoms with Gasteiger partial charge in [0.1, 0.15) is 17.3 Å². The van der Waals surface area contributed by atoms with Crippen molar-refractivity contribution in [3.63, 3.8) is 0 Å². The van der Waals surface area contributed by atoms with Crippen molar-refractivity contribution in [1.82, 2.24) is 10.9 Å². The molecule has 138 valence electrons. The molecule has 0 bridgehead atoms. The van der Waals surface area contributed by atoms with Gasteiger partial charge in [0, 0.05) is 4.90 Å². The van der Waals surface area contributed by atoms with Crippen LogP contribution in [-0.4, -0.2) is 31.3 Å². The van der Waals surface area contributed by atoms with Crippen molar-refractivity contribution in [3.05, 3.63) is 53.8 Å². The molecule has 2 rings (SSSR count). The fourth-order valence-corrected chi connectivity index (χ4v) is 2.47. The summed E-state index contributed by atoms with van der Waals surface area (Å²) in [4.78, 5) is 25.2. The predicted octanol–water partition coefficient (Wildman–Crippen LogP) is 2.78. The van der Waals surface area contributed by atoms with E-state index in [-0.39, 0.29) is 5.56 Å². The van der Waals surface area contributed by atoms with Crippen molar-refractivity contribution in [3.8, 4) is 11.5 Å². The first-order valence-electron chi connectivity index (χ1n) is 7.69. The first-order chi connectivity index (χ1) is 12.4. The van der Waals surface area contributed by atoms with Crippen molar-refractivity contribution >= 4 is 23.6 Å². The number of ether oxygens (including phenoxy) is 2. The number of halogens is 1. The molecule has 0 aromatic heterocycles. The van der Waals surface area contributed by atoms with Crippen LogP contribution in [0.5, 0.6) is 11.5 Å². The molecule has 1 atom stereocenters. The van der Waals surface area contributed by atoms with E-state index in [0.717, 1.165) is 4.90 Å². The normalized spacial score (nSPS) is 11.4. The van der Waals surface area contributed by atoms with Gasteiger partial charge in [0.25, 0.3) is 11.8 Å². The largest absolute Gasteiger partial charge is 0.496 e. The van der Waals surface area contributed by atoms with Crippen molar-refractivity contribution < 1.29 is 23.5 Å². The fourth-order valence-electron chi connectivity index (χ4n) is 2.04. The highest BCUT2D eigenvalue weighted by Gasteiger charge is 2.18. The summed E-state index contributed by atoms with van der Waals surface area (Å²) in [7, 11) is 1.47. The van der Waals surface area contributed by atoms with Gasteiger partial charge in [-0.3, -0.25) is 20.4 Å². The van der Waals surface area contributed by atoms with Crippen LogP contribution in [-0.2, 0) is 4.79 Å². The number of rotatable bonds is 6. The molecular formula is C18H19FN2O4S. The molecule has 8 heteroatoms. The maximum atomic E-state index is 12.9. The Morgan fingerprint density at radius 2 is 1.81 bits per heavy atom. The van der Waals surface area contributed by atoms with Crippen LogP contribution < -0.4 is 20.3 Å². The molecule has 26 heavy (non-hydrogen) atoms. The summed E-state index contributed by atoms with van der Waals surface area (Å²) in [6, 6.07) is 10.4. The second-order valence-electron chi connectivity index (χ2n) is 5.22. The van der Waals surface area contributed by atoms with Gasteiger partial charge in [-0.25, -0.2) is 4.39 Å². The fraction of sp³-hybridized carbons (Fsp3) is 0.222. The van der Waals surface area contributed by atoms with Gasteiger partial charge >= 0.3 is 0 Å². The number of thioether (sulfide) groups is 1. The van der Waals surface area contributed by atoms with Crippen LogP contribution in [0, 0.1) is 5.82 Å². The van der Waals surface area contributed by atoms with E-state index in [1.807, 2.05) is 6.26 Å². The summed E-state index contributed by atoms with van der Waals surface area (Å²) in [5.41, 5.74) is 4.90. The van der Waals surface area contributed by atoms with Crippen LogP contribution in [0.15, 0.2) is 47.4 Å². The van der Waals surface area contributed by atoms with E-state index >= 15 is 0 Å². The lowest BCUT2D eigenvalue weighted by Crippen LogP contribution is -2.47. The van der Waals surface area contributed by atoms with E-state index in [2.05, 4.69) is 10.9 Å². The van der Waals surface area contributed by atoms with Crippen LogP contribution in [0.25, 0.3) is 0 Å². The highest BCUT2D eigenvalue weighted by molar-refractivity contribution is 7.98. The van der Waals surface area contributed by atoms with E-state index in [1.165, 1.54) is 50.1 Å². The number of amides is 2. The molecule has 2 amide bonds. The zero-order valence-electron chi connectivity index (χ0n) is 14.5. The van der Waals surface area contributed by atoms with Gasteiger partial charge < -0.3 is 9.47 Å². The van der Waals surface area contributed by atoms with E-state index in [1.54, 1.807) is 18.2 Å². The van der Waals surface area contributed by atoms with Crippen molar-refractivity contribution in [2.45, 2.75) is 17.9 Å². The Bertz CT molecular complexity index is 783. The second-order valence-corrected chi connectivity index (χ2v) is 6.10. The number of hydrogen-bond donors (Lipinski definition) is 2. The van der Waals surface area contributed by atoms with Gasteiger partial charge in [-0.1, -0.05) is 0 Å². The number of nitrogens with one attached hydrogen (secondary N) is 2. The van der Waals surface area contributed by atoms with Gasteiger partial charge in [-0.2, -0.15) is 0 Å². The number of hydrazine groups is 1. The van der Waals surface area contributed by atoms with Gasteiger partial charge in [0.05, 0.1) is 12.7 Å². The molecule has 0 spiro atoms. The maximum Gasteiger partial charge on any atom is 0.279 e. The standard InChI is InChI=1S/C18H19FN2O4S/c1-11(25-13-6-4-12(19)5-7-13)17(22)20-21-18(23)15-9-8-14(26-3)10-16(15)24-2/h4-11H,1-3H3,(H,20,22)(H,21,23)/t11-/m0/s1. The summed E-state index contributed by atoms with van der Waals surface area (Å²) in [5, 5.41) is 0. The number of carbonyl (C=O) groups excluding carboxylic acids is 2. The highest BCUT2D eigenvalue weighted by Crippen LogP contribution is 2.25. The quantitative estimate of drug-likeness (QED) is 0.597. The average Bonchev–Trinajstić information content (AvgIpc) is 2.66. The summed E-state index contributed by atoms with van der Waals surface area (Å²) >= 11 is 1.52. The topological polar surface area (TPSA) is 76.7 Å². The average molecular weight is 378 g/mol.